The molecule has 0 aliphatic rings. The van der Waals surface area contributed by atoms with E-state index in [9.17, 15) is 18.0 Å². The van der Waals surface area contributed by atoms with Gasteiger partial charge < -0.3 is 5.11 Å². The van der Waals surface area contributed by atoms with Crippen molar-refractivity contribution in [2.75, 3.05) is 0 Å². The highest BCUT2D eigenvalue weighted by atomic mass is 79.9. The molecule has 9 heteroatoms. The first-order valence-corrected chi connectivity index (χ1v) is 5.58. The van der Waals surface area contributed by atoms with Gasteiger partial charge in [0.05, 0.1) is 15.6 Å². The van der Waals surface area contributed by atoms with Gasteiger partial charge in [0.25, 0.3) is 0 Å². The predicted octanol–water partition coefficient (Wildman–Crippen LogP) is 2.75. The van der Waals surface area contributed by atoms with Crippen LogP contribution in [0.1, 0.15) is 15.9 Å². The van der Waals surface area contributed by atoms with Crippen LogP contribution in [0, 0.1) is 0 Å². The third-order valence-electron chi connectivity index (χ3n) is 2.20. The van der Waals surface area contributed by atoms with Crippen LogP contribution in [0.3, 0.4) is 0 Å². The minimum absolute atomic E-state index is 0.0544. The van der Waals surface area contributed by atoms with Gasteiger partial charge in [-0.1, -0.05) is 0 Å². The van der Waals surface area contributed by atoms with Crippen molar-refractivity contribution in [2.24, 2.45) is 0 Å². The average Bonchev–Trinajstić information content (AvgIpc) is 2.74. The minimum Gasteiger partial charge on any atom is -0.478 e. The van der Waals surface area contributed by atoms with E-state index in [-0.39, 0.29) is 5.95 Å². The van der Waals surface area contributed by atoms with Gasteiger partial charge in [0.1, 0.15) is 0 Å². The lowest BCUT2D eigenvalue weighted by molar-refractivity contribution is -0.138. The topological polar surface area (TPSA) is 68.0 Å². The normalized spacial score (nSPS) is 11.6. The summed E-state index contributed by atoms with van der Waals surface area (Å²) in [6.45, 7) is 0. The quantitative estimate of drug-likeness (QED) is 0.916. The molecule has 0 aliphatic carbocycles. The number of alkyl halides is 3. The van der Waals surface area contributed by atoms with Crippen molar-refractivity contribution in [3.05, 3.63) is 40.4 Å². The van der Waals surface area contributed by atoms with E-state index in [0.717, 1.165) is 10.8 Å². The summed E-state index contributed by atoms with van der Waals surface area (Å²) in [7, 11) is 0. The van der Waals surface area contributed by atoms with Gasteiger partial charge in [0.2, 0.25) is 5.95 Å². The Labute approximate surface area is 112 Å². The summed E-state index contributed by atoms with van der Waals surface area (Å²) < 4.78 is 39.5. The van der Waals surface area contributed by atoms with Crippen LogP contribution in [0.5, 0.6) is 0 Å². The third-order valence-corrected chi connectivity index (χ3v) is 2.61. The standard InChI is InChI=1S/C10H5BrF3N3O2/c11-5-1-15-9(16-2-5)17-3-6(8(18)19)7(4-17)10(12,13)14/h1-4H,(H,18,19). The summed E-state index contributed by atoms with van der Waals surface area (Å²) in [6, 6.07) is 0. The Morgan fingerprint density at radius 3 is 2.26 bits per heavy atom. The van der Waals surface area contributed by atoms with Gasteiger partial charge in [-0.25, -0.2) is 14.8 Å². The van der Waals surface area contributed by atoms with Crippen molar-refractivity contribution in [3.63, 3.8) is 0 Å². The molecule has 0 saturated carbocycles. The van der Waals surface area contributed by atoms with E-state index in [1.54, 1.807) is 0 Å². The van der Waals surface area contributed by atoms with Crippen molar-refractivity contribution in [2.45, 2.75) is 6.18 Å². The van der Waals surface area contributed by atoms with E-state index in [1.807, 2.05) is 0 Å². The van der Waals surface area contributed by atoms with Gasteiger partial charge in [0, 0.05) is 24.8 Å². The van der Waals surface area contributed by atoms with Crippen LogP contribution in [0.2, 0.25) is 0 Å². The van der Waals surface area contributed by atoms with E-state index >= 15 is 0 Å². The molecule has 0 unspecified atom stereocenters. The van der Waals surface area contributed by atoms with Crippen LogP contribution in [0.4, 0.5) is 13.2 Å². The Kier molecular flexibility index (Phi) is 3.31. The van der Waals surface area contributed by atoms with E-state index < -0.39 is 23.3 Å². The van der Waals surface area contributed by atoms with Crippen molar-refractivity contribution in [1.29, 1.82) is 0 Å². The second-order valence-electron chi connectivity index (χ2n) is 3.50. The van der Waals surface area contributed by atoms with Crippen LogP contribution in [0.25, 0.3) is 5.95 Å². The fourth-order valence-electron chi connectivity index (χ4n) is 1.41. The van der Waals surface area contributed by atoms with Crippen molar-refractivity contribution in [3.8, 4) is 5.95 Å². The summed E-state index contributed by atoms with van der Waals surface area (Å²) >= 11 is 3.08. The van der Waals surface area contributed by atoms with E-state index in [4.69, 9.17) is 5.11 Å². The zero-order valence-electron chi connectivity index (χ0n) is 9.02. The molecular formula is C10H5BrF3N3O2. The summed E-state index contributed by atoms with van der Waals surface area (Å²) in [5, 5.41) is 8.77. The Morgan fingerprint density at radius 2 is 1.84 bits per heavy atom. The fraction of sp³-hybridized carbons (Fsp3) is 0.100. The Bertz CT molecular complexity index is 622. The smallest absolute Gasteiger partial charge is 0.418 e. The first-order chi connectivity index (χ1) is 8.79. The number of carbonyl (C=O) groups is 1. The predicted molar refractivity (Wildman–Crippen MR) is 61.0 cm³/mol. The summed E-state index contributed by atoms with van der Waals surface area (Å²) in [6.07, 6.45) is -0.596. The highest BCUT2D eigenvalue weighted by molar-refractivity contribution is 9.10. The van der Waals surface area contributed by atoms with Crippen molar-refractivity contribution < 1.29 is 23.1 Å². The minimum atomic E-state index is -4.76. The number of rotatable bonds is 2. The Balaban J connectivity index is 2.55. The molecule has 100 valence electrons. The molecule has 2 aromatic heterocycles. The van der Waals surface area contributed by atoms with Crippen LogP contribution >= 0.6 is 15.9 Å². The van der Waals surface area contributed by atoms with E-state index in [2.05, 4.69) is 25.9 Å². The van der Waals surface area contributed by atoms with Crippen LogP contribution in [0.15, 0.2) is 29.3 Å². The maximum atomic E-state index is 12.7. The molecule has 0 spiro atoms. The molecule has 0 atom stereocenters. The molecule has 2 rings (SSSR count). The zero-order valence-corrected chi connectivity index (χ0v) is 10.6. The molecule has 1 N–H and O–H groups in total. The van der Waals surface area contributed by atoms with Gasteiger partial charge in [-0.15, -0.1) is 0 Å². The van der Waals surface area contributed by atoms with Crippen LogP contribution < -0.4 is 0 Å². The Morgan fingerprint density at radius 1 is 1.26 bits per heavy atom. The first-order valence-electron chi connectivity index (χ1n) is 4.79. The highest BCUT2D eigenvalue weighted by Gasteiger charge is 2.37. The summed E-state index contributed by atoms with van der Waals surface area (Å²) in [5.41, 5.74) is -2.09. The molecule has 19 heavy (non-hydrogen) atoms. The van der Waals surface area contributed by atoms with Crippen molar-refractivity contribution in [1.82, 2.24) is 14.5 Å². The number of carboxylic acids is 1. The fourth-order valence-corrected chi connectivity index (χ4v) is 1.61. The lowest BCUT2D eigenvalue weighted by Gasteiger charge is -2.04. The highest BCUT2D eigenvalue weighted by Crippen LogP contribution is 2.33. The zero-order chi connectivity index (χ0) is 14.2. The maximum absolute atomic E-state index is 12.7. The molecule has 0 aliphatic heterocycles. The van der Waals surface area contributed by atoms with E-state index in [1.165, 1.54) is 12.4 Å². The van der Waals surface area contributed by atoms with Crippen molar-refractivity contribution >= 4 is 21.9 Å². The number of carboxylic acid groups (broad SMARTS) is 1. The average molecular weight is 336 g/mol. The first kappa shape index (κ1) is 13.5. The molecule has 0 fully saturated rings. The van der Waals surface area contributed by atoms with Gasteiger partial charge >= 0.3 is 12.1 Å². The van der Waals surface area contributed by atoms with E-state index in [0.29, 0.717) is 10.7 Å². The molecule has 0 radical (unpaired) electrons. The monoisotopic (exact) mass is 335 g/mol. The van der Waals surface area contributed by atoms with Crippen LogP contribution in [-0.2, 0) is 6.18 Å². The second-order valence-corrected chi connectivity index (χ2v) is 4.41. The van der Waals surface area contributed by atoms with Gasteiger partial charge in [-0.3, -0.25) is 4.57 Å². The lowest BCUT2D eigenvalue weighted by atomic mass is 10.2. The molecule has 2 aromatic rings. The van der Waals surface area contributed by atoms with Gasteiger partial charge in [-0.05, 0) is 15.9 Å². The molecule has 0 amide bonds. The number of halogens is 4. The number of aromatic nitrogens is 3. The summed E-state index contributed by atoms with van der Waals surface area (Å²) in [4.78, 5) is 18.4. The molecule has 0 saturated heterocycles. The second kappa shape index (κ2) is 4.65. The summed E-state index contributed by atoms with van der Waals surface area (Å²) in [5.74, 6) is -1.72. The number of nitrogens with zero attached hydrogens (tertiary/aromatic N) is 3. The SMILES string of the molecule is O=C(O)c1cn(-c2ncc(Br)cn2)cc1C(F)(F)F. The Hall–Kier alpha value is -1.90. The number of aromatic carboxylic acids is 1. The van der Waals surface area contributed by atoms with Crippen LogP contribution in [-0.4, -0.2) is 25.6 Å². The molecule has 5 nitrogen and oxygen atoms in total. The van der Waals surface area contributed by atoms with Gasteiger partial charge in [-0.2, -0.15) is 13.2 Å². The third kappa shape index (κ3) is 2.75. The molecule has 0 aromatic carbocycles. The van der Waals surface area contributed by atoms with Gasteiger partial charge in [0.15, 0.2) is 0 Å². The maximum Gasteiger partial charge on any atom is 0.418 e. The largest absolute Gasteiger partial charge is 0.478 e. The molecular weight excluding hydrogens is 331 g/mol. The molecule has 2 heterocycles. The number of hydrogen-bond acceptors (Lipinski definition) is 3. The lowest BCUT2D eigenvalue weighted by Crippen LogP contribution is -2.09. The molecule has 0 bridgehead atoms. The number of hydrogen-bond donors (Lipinski definition) is 1.